The summed E-state index contributed by atoms with van der Waals surface area (Å²) in [6.45, 7) is 7.93. The van der Waals surface area contributed by atoms with Crippen molar-refractivity contribution in [2.75, 3.05) is 19.6 Å². The van der Waals surface area contributed by atoms with Gasteiger partial charge in [-0.1, -0.05) is 44.2 Å². The smallest absolute Gasteiger partial charge is 0.0473 e. The molecule has 1 N–H and O–H groups in total. The van der Waals surface area contributed by atoms with Gasteiger partial charge in [0.05, 0.1) is 0 Å². The largest absolute Gasteiger partial charge is 0.311 e. The molecule has 2 heteroatoms. The molecule has 1 fully saturated rings. The summed E-state index contributed by atoms with van der Waals surface area (Å²) in [7, 11) is 0. The van der Waals surface area contributed by atoms with Gasteiger partial charge in [0.15, 0.2) is 0 Å². The van der Waals surface area contributed by atoms with Crippen molar-refractivity contribution in [2.45, 2.75) is 45.2 Å². The van der Waals surface area contributed by atoms with Crippen molar-refractivity contribution < 1.29 is 0 Å². The standard InChI is InChI=1S/C19H28N2/c1-4-5-6-10-13-21-15-18(16(2)3)20-14-19(21)17-11-8-7-9-12-17/h1,7-9,11-12,16,18-20H,5-6,10,13-15H2,2-3H3. The molecule has 0 aromatic heterocycles. The van der Waals surface area contributed by atoms with Crippen LogP contribution in [0.3, 0.4) is 0 Å². The highest BCUT2D eigenvalue weighted by Crippen LogP contribution is 2.25. The van der Waals surface area contributed by atoms with E-state index in [2.05, 4.69) is 60.3 Å². The van der Waals surface area contributed by atoms with E-state index in [0.29, 0.717) is 18.0 Å². The maximum atomic E-state index is 5.35. The molecule has 1 aliphatic rings. The van der Waals surface area contributed by atoms with Gasteiger partial charge in [0.1, 0.15) is 0 Å². The molecule has 2 atom stereocenters. The molecule has 2 unspecified atom stereocenters. The van der Waals surface area contributed by atoms with Crippen molar-refractivity contribution in [1.29, 1.82) is 0 Å². The minimum Gasteiger partial charge on any atom is -0.311 e. The van der Waals surface area contributed by atoms with Gasteiger partial charge in [0.25, 0.3) is 0 Å². The van der Waals surface area contributed by atoms with Crippen LogP contribution in [0.4, 0.5) is 0 Å². The number of benzene rings is 1. The first-order chi connectivity index (χ1) is 10.2. The number of unbranched alkanes of at least 4 members (excludes halogenated alkanes) is 2. The second kappa shape index (κ2) is 8.22. The number of rotatable bonds is 6. The summed E-state index contributed by atoms with van der Waals surface area (Å²) in [5, 5.41) is 3.72. The molecule has 1 saturated heterocycles. The van der Waals surface area contributed by atoms with Gasteiger partial charge in [-0.3, -0.25) is 4.90 Å². The lowest BCUT2D eigenvalue weighted by Gasteiger charge is -2.42. The Kier molecular flexibility index (Phi) is 6.29. The number of piperazine rings is 1. The number of hydrogen-bond donors (Lipinski definition) is 1. The quantitative estimate of drug-likeness (QED) is 0.636. The second-order valence-electron chi connectivity index (χ2n) is 6.34. The maximum Gasteiger partial charge on any atom is 0.0473 e. The monoisotopic (exact) mass is 284 g/mol. The van der Waals surface area contributed by atoms with Gasteiger partial charge in [-0.05, 0) is 30.9 Å². The molecule has 0 radical (unpaired) electrons. The first-order valence-corrected chi connectivity index (χ1v) is 8.18. The Morgan fingerprint density at radius 2 is 2.05 bits per heavy atom. The Labute approximate surface area is 129 Å². The van der Waals surface area contributed by atoms with Crippen molar-refractivity contribution in [3.63, 3.8) is 0 Å². The highest BCUT2D eigenvalue weighted by atomic mass is 15.2. The van der Waals surface area contributed by atoms with Crippen LogP contribution in [0, 0.1) is 18.3 Å². The zero-order valence-electron chi connectivity index (χ0n) is 13.4. The number of nitrogens with zero attached hydrogens (tertiary/aromatic N) is 1. The third-order valence-corrected chi connectivity index (χ3v) is 4.45. The summed E-state index contributed by atoms with van der Waals surface area (Å²) in [6, 6.07) is 12.0. The zero-order valence-corrected chi connectivity index (χ0v) is 13.4. The molecule has 21 heavy (non-hydrogen) atoms. The molecule has 0 saturated carbocycles. The van der Waals surface area contributed by atoms with Gasteiger partial charge in [-0.25, -0.2) is 0 Å². The maximum absolute atomic E-state index is 5.35. The normalized spacial score (nSPS) is 23.1. The number of nitrogens with one attached hydrogen (secondary N) is 1. The summed E-state index contributed by atoms with van der Waals surface area (Å²) >= 11 is 0. The zero-order chi connectivity index (χ0) is 15.1. The van der Waals surface area contributed by atoms with E-state index in [1.165, 1.54) is 12.0 Å². The van der Waals surface area contributed by atoms with E-state index >= 15 is 0 Å². The predicted octanol–water partition coefficient (Wildman–Crippen LogP) is 3.46. The molecule has 1 aromatic rings. The molecular weight excluding hydrogens is 256 g/mol. The van der Waals surface area contributed by atoms with Crippen molar-refractivity contribution in [1.82, 2.24) is 10.2 Å². The fourth-order valence-corrected chi connectivity index (χ4v) is 3.08. The Morgan fingerprint density at radius 3 is 2.71 bits per heavy atom. The highest BCUT2D eigenvalue weighted by Gasteiger charge is 2.29. The minimum atomic E-state index is 0.493. The molecule has 2 nitrogen and oxygen atoms in total. The molecule has 2 rings (SSSR count). The van der Waals surface area contributed by atoms with Gasteiger partial charge in [0.2, 0.25) is 0 Å². The van der Waals surface area contributed by atoms with Crippen LogP contribution < -0.4 is 5.32 Å². The Hall–Kier alpha value is -1.30. The average Bonchev–Trinajstić information content (AvgIpc) is 2.52. The van der Waals surface area contributed by atoms with E-state index in [-0.39, 0.29) is 0 Å². The van der Waals surface area contributed by atoms with Gasteiger partial charge < -0.3 is 5.32 Å². The van der Waals surface area contributed by atoms with Crippen LogP contribution >= 0.6 is 0 Å². The average molecular weight is 284 g/mol. The molecule has 0 amide bonds. The molecule has 0 spiro atoms. The van der Waals surface area contributed by atoms with Gasteiger partial charge in [0, 0.05) is 31.6 Å². The Bertz CT molecular complexity index is 446. The van der Waals surface area contributed by atoms with E-state index in [4.69, 9.17) is 6.42 Å². The topological polar surface area (TPSA) is 15.3 Å². The van der Waals surface area contributed by atoms with Gasteiger partial charge >= 0.3 is 0 Å². The number of hydrogen-bond acceptors (Lipinski definition) is 2. The lowest BCUT2D eigenvalue weighted by Crippen LogP contribution is -2.54. The Morgan fingerprint density at radius 1 is 1.29 bits per heavy atom. The lowest BCUT2D eigenvalue weighted by atomic mass is 9.95. The van der Waals surface area contributed by atoms with Crippen LogP contribution in [0.1, 0.15) is 44.7 Å². The number of terminal acetylenes is 1. The van der Waals surface area contributed by atoms with E-state index in [0.717, 1.165) is 32.5 Å². The summed E-state index contributed by atoms with van der Waals surface area (Å²) in [4.78, 5) is 2.65. The predicted molar refractivity (Wildman–Crippen MR) is 90.1 cm³/mol. The molecule has 0 bridgehead atoms. The van der Waals surface area contributed by atoms with Crippen molar-refractivity contribution in [3.05, 3.63) is 35.9 Å². The van der Waals surface area contributed by atoms with Crippen LogP contribution in [0.2, 0.25) is 0 Å². The Balaban J connectivity index is 2.01. The summed E-state index contributed by atoms with van der Waals surface area (Å²) < 4.78 is 0. The lowest BCUT2D eigenvalue weighted by molar-refractivity contribution is 0.111. The summed E-state index contributed by atoms with van der Waals surface area (Å²) in [5.41, 5.74) is 1.42. The van der Waals surface area contributed by atoms with Crippen LogP contribution in [-0.4, -0.2) is 30.6 Å². The van der Waals surface area contributed by atoms with Crippen LogP contribution in [0.25, 0.3) is 0 Å². The van der Waals surface area contributed by atoms with Crippen LogP contribution in [-0.2, 0) is 0 Å². The van der Waals surface area contributed by atoms with Crippen LogP contribution in [0.15, 0.2) is 30.3 Å². The summed E-state index contributed by atoms with van der Waals surface area (Å²) in [5.74, 6) is 3.42. The van der Waals surface area contributed by atoms with E-state index in [1.54, 1.807) is 0 Å². The van der Waals surface area contributed by atoms with Gasteiger partial charge in [-0.2, -0.15) is 0 Å². The molecule has 1 aliphatic heterocycles. The third kappa shape index (κ3) is 4.59. The van der Waals surface area contributed by atoms with Gasteiger partial charge in [-0.15, -0.1) is 12.3 Å². The molecule has 1 aromatic carbocycles. The first-order valence-electron chi connectivity index (χ1n) is 8.18. The van der Waals surface area contributed by atoms with Crippen molar-refractivity contribution >= 4 is 0 Å². The fourth-order valence-electron chi connectivity index (χ4n) is 3.08. The van der Waals surface area contributed by atoms with Crippen molar-refractivity contribution in [2.24, 2.45) is 5.92 Å². The molecule has 114 valence electrons. The molecular formula is C19H28N2. The fraction of sp³-hybridized carbons (Fsp3) is 0.579. The SMILES string of the molecule is C#CCCCCN1CC(C(C)C)NCC1c1ccccc1. The van der Waals surface area contributed by atoms with Crippen molar-refractivity contribution in [3.8, 4) is 12.3 Å². The molecule has 0 aliphatic carbocycles. The van der Waals surface area contributed by atoms with E-state index < -0.39 is 0 Å². The molecule has 1 heterocycles. The highest BCUT2D eigenvalue weighted by molar-refractivity contribution is 5.20. The third-order valence-electron chi connectivity index (χ3n) is 4.45. The second-order valence-corrected chi connectivity index (χ2v) is 6.34. The summed E-state index contributed by atoms with van der Waals surface area (Å²) in [6.07, 6.45) is 8.58. The van der Waals surface area contributed by atoms with E-state index in [1.807, 2.05) is 0 Å². The van der Waals surface area contributed by atoms with E-state index in [9.17, 15) is 0 Å². The van der Waals surface area contributed by atoms with Crippen LogP contribution in [0.5, 0.6) is 0 Å². The first kappa shape index (κ1) is 16.1. The minimum absolute atomic E-state index is 0.493.